The first-order chi connectivity index (χ1) is 14.3. The maximum atomic E-state index is 13.1. The third-order valence-corrected chi connectivity index (χ3v) is 5.68. The Morgan fingerprint density at radius 1 is 1.07 bits per heavy atom. The van der Waals surface area contributed by atoms with E-state index in [-0.39, 0.29) is 25.0 Å². The van der Waals surface area contributed by atoms with Gasteiger partial charge >= 0.3 is 0 Å². The van der Waals surface area contributed by atoms with Gasteiger partial charge < -0.3 is 15.0 Å². The van der Waals surface area contributed by atoms with Gasteiger partial charge in [-0.05, 0) is 62.6 Å². The molecule has 7 heteroatoms. The molecule has 0 aliphatic heterocycles. The predicted octanol–water partition coefficient (Wildman–Crippen LogP) is 4.93. The molecule has 0 spiro atoms. The molecule has 2 aromatic carbocycles. The number of nitrogens with zero attached hydrogens (tertiary/aromatic N) is 1. The monoisotopic (exact) mass is 450 g/mol. The normalized spacial score (nSPS) is 11.7. The second kappa shape index (κ2) is 11.2. The second-order valence-corrected chi connectivity index (χ2v) is 7.89. The smallest absolute Gasteiger partial charge is 0.261 e. The Bertz CT molecular complexity index is 882. The number of aryl methyl sites for hydroxylation is 2. The van der Waals surface area contributed by atoms with Crippen molar-refractivity contribution in [1.82, 2.24) is 10.2 Å². The van der Waals surface area contributed by atoms with Crippen molar-refractivity contribution >= 4 is 35.0 Å². The van der Waals surface area contributed by atoms with Crippen molar-refractivity contribution in [1.29, 1.82) is 0 Å². The zero-order chi connectivity index (χ0) is 22.3. The van der Waals surface area contributed by atoms with E-state index in [1.807, 2.05) is 45.9 Å². The third-order valence-electron chi connectivity index (χ3n) is 4.97. The molecule has 0 bridgehead atoms. The lowest BCUT2D eigenvalue weighted by Crippen LogP contribution is -2.50. The Balaban J connectivity index is 2.27. The lowest BCUT2D eigenvalue weighted by molar-refractivity contribution is -0.142. The molecule has 1 atom stereocenters. The van der Waals surface area contributed by atoms with E-state index < -0.39 is 6.04 Å². The summed E-state index contributed by atoms with van der Waals surface area (Å²) in [6.45, 7) is 8.09. The fourth-order valence-electron chi connectivity index (χ4n) is 3.10. The molecule has 1 N–H and O–H groups in total. The molecular weight excluding hydrogens is 423 g/mol. The summed E-state index contributed by atoms with van der Waals surface area (Å²) in [6.07, 6.45) is 0.448. The lowest BCUT2D eigenvalue weighted by atomic mass is 10.1. The van der Waals surface area contributed by atoms with E-state index in [0.29, 0.717) is 34.3 Å². The van der Waals surface area contributed by atoms with E-state index >= 15 is 0 Å². The molecule has 0 heterocycles. The van der Waals surface area contributed by atoms with Crippen LogP contribution in [-0.2, 0) is 16.1 Å². The van der Waals surface area contributed by atoms with Crippen molar-refractivity contribution in [3.05, 3.63) is 63.1 Å². The Morgan fingerprint density at radius 3 is 2.30 bits per heavy atom. The molecule has 0 saturated carbocycles. The van der Waals surface area contributed by atoms with Crippen molar-refractivity contribution in [3.63, 3.8) is 0 Å². The molecular formula is C23H28Cl2N2O3. The van der Waals surface area contributed by atoms with Gasteiger partial charge in [0.15, 0.2) is 6.61 Å². The molecule has 0 saturated heterocycles. The van der Waals surface area contributed by atoms with Crippen LogP contribution in [0.15, 0.2) is 36.4 Å². The molecule has 0 radical (unpaired) electrons. The van der Waals surface area contributed by atoms with Gasteiger partial charge in [0.2, 0.25) is 5.91 Å². The van der Waals surface area contributed by atoms with Gasteiger partial charge in [0, 0.05) is 28.7 Å². The molecule has 2 aromatic rings. The van der Waals surface area contributed by atoms with Crippen molar-refractivity contribution in [2.75, 3.05) is 13.2 Å². The number of likely N-dealkylation sites (N-methyl/N-ethyl adjacent to an activating group) is 1. The highest BCUT2D eigenvalue weighted by atomic mass is 35.5. The van der Waals surface area contributed by atoms with Gasteiger partial charge in [-0.25, -0.2) is 0 Å². The summed E-state index contributed by atoms with van der Waals surface area (Å²) in [5, 5.41) is 3.69. The van der Waals surface area contributed by atoms with Gasteiger partial charge in [-0.3, -0.25) is 9.59 Å². The minimum atomic E-state index is -0.659. The van der Waals surface area contributed by atoms with Gasteiger partial charge in [0.1, 0.15) is 11.8 Å². The summed E-state index contributed by atoms with van der Waals surface area (Å²) < 4.78 is 5.73. The Labute approximate surface area is 188 Å². The quantitative estimate of drug-likeness (QED) is 0.588. The van der Waals surface area contributed by atoms with Crippen LogP contribution in [0.25, 0.3) is 0 Å². The number of ether oxygens (including phenoxy) is 1. The second-order valence-electron chi connectivity index (χ2n) is 7.08. The maximum absolute atomic E-state index is 13.1. The highest BCUT2D eigenvalue weighted by molar-refractivity contribution is 6.36. The van der Waals surface area contributed by atoms with E-state index in [4.69, 9.17) is 27.9 Å². The first-order valence-electron chi connectivity index (χ1n) is 9.98. The van der Waals surface area contributed by atoms with E-state index in [2.05, 4.69) is 5.32 Å². The van der Waals surface area contributed by atoms with Gasteiger partial charge in [0.05, 0.1) is 0 Å². The summed E-state index contributed by atoms with van der Waals surface area (Å²) in [6, 6.07) is 10.2. The molecule has 2 amide bonds. The van der Waals surface area contributed by atoms with Crippen LogP contribution in [0.4, 0.5) is 0 Å². The largest absolute Gasteiger partial charge is 0.484 e. The summed E-state index contributed by atoms with van der Waals surface area (Å²) in [7, 11) is 0. The highest BCUT2D eigenvalue weighted by Gasteiger charge is 2.29. The predicted molar refractivity (Wildman–Crippen MR) is 121 cm³/mol. The zero-order valence-corrected chi connectivity index (χ0v) is 19.3. The minimum absolute atomic E-state index is 0.114. The number of halogens is 2. The first-order valence-corrected chi connectivity index (χ1v) is 10.7. The third kappa shape index (κ3) is 6.13. The molecule has 30 heavy (non-hydrogen) atoms. The zero-order valence-electron chi connectivity index (χ0n) is 17.8. The fraction of sp³-hybridized carbons (Fsp3) is 0.391. The van der Waals surface area contributed by atoms with E-state index in [1.54, 1.807) is 18.2 Å². The van der Waals surface area contributed by atoms with Crippen LogP contribution < -0.4 is 10.1 Å². The SMILES string of the molecule is CCNC(=O)[C@@H](CC)N(Cc1c(Cl)cccc1Cl)C(=O)COc1ccc(C)c(C)c1. The average molecular weight is 451 g/mol. The van der Waals surface area contributed by atoms with Gasteiger partial charge in [-0.1, -0.05) is 42.3 Å². The van der Waals surface area contributed by atoms with Gasteiger partial charge in [-0.15, -0.1) is 0 Å². The Kier molecular flexibility index (Phi) is 9.00. The molecule has 0 aromatic heterocycles. The topological polar surface area (TPSA) is 58.6 Å². The number of carbonyl (C=O) groups excluding carboxylic acids is 2. The molecule has 0 unspecified atom stereocenters. The minimum Gasteiger partial charge on any atom is -0.484 e. The number of amides is 2. The van der Waals surface area contributed by atoms with Gasteiger partial charge in [-0.2, -0.15) is 0 Å². The molecule has 2 rings (SSSR count). The summed E-state index contributed by atoms with van der Waals surface area (Å²) >= 11 is 12.6. The fourth-order valence-corrected chi connectivity index (χ4v) is 3.61. The molecule has 0 fully saturated rings. The summed E-state index contributed by atoms with van der Waals surface area (Å²) in [5.41, 5.74) is 2.82. The van der Waals surface area contributed by atoms with Crippen LogP contribution >= 0.6 is 23.2 Å². The van der Waals surface area contributed by atoms with E-state index in [0.717, 1.165) is 11.1 Å². The van der Waals surface area contributed by atoms with Crippen molar-refractivity contribution in [3.8, 4) is 5.75 Å². The van der Waals surface area contributed by atoms with Crippen LogP contribution in [0, 0.1) is 13.8 Å². The number of hydrogen-bond donors (Lipinski definition) is 1. The van der Waals surface area contributed by atoms with Crippen molar-refractivity contribution < 1.29 is 14.3 Å². The van der Waals surface area contributed by atoms with Crippen LogP contribution in [0.5, 0.6) is 5.75 Å². The first kappa shape index (κ1) is 24.0. The van der Waals surface area contributed by atoms with Crippen LogP contribution in [0.1, 0.15) is 37.0 Å². The van der Waals surface area contributed by atoms with Gasteiger partial charge in [0.25, 0.3) is 5.91 Å². The van der Waals surface area contributed by atoms with E-state index in [9.17, 15) is 9.59 Å². The molecule has 162 valence electrons. The van der Waals surface area contributed by atoms with Crippen LogP contribution in [0.2, 0.25) is 10.0 Å². The molecule has 0 aliphatic carbocycles. The van der Waals surface area contributed by atoms with Crippen molar-refractivity contribution in [2.45, 2.75) is 46.7 Å². The Hall–Kier alpha value is -2.24. The molecule has 5 nitrogen and oxygen atoms in total. The number of hydrogen-bond acceptors (Lipinski definition) is 3. The van der Waals surface area contributed by atoms with E-state index in [1.165, 1.54) is 4.90 Å². The standard InChI is InChI=1S/C23H28Cl2N2O3/c1-5-21(23(29)26-6-2)27(13-18-19(24)8-7-9-20(18)25)22(28)14-30-17-11-10-15(3)16(4)12-17/h7-12,21H,5-6,13-14H2,1-4H3,(H,26,29)/t21-/m1/s1. The number of rotatable bonds is 9. The summed E-state index contributed by atoms with van der Waals surface area (Å²) in [5.74, 6) is 0.0678. The maximum Gasteiger partial charge on any atom is 0.261 e. The van der Waals surface area contributed by atoms with Crippen LogP contribution in [0.3, 0.4) is 0 Å². The summed E-state index contributed by atoms with van der Waals surface area (Å²) in [4.78, 5) is 27.2. The van der Waals surface area contributed by atoms with Crippen molar-refractivity contribution in [2.24, 2.45) is 0 Å². The average Bonchev–Trinajstić information content (AvgIpc) is 2.70. The lowest BCUT2D eigenvalue weighted by Gasteiger charge is -2.31. The molecule has 0 aliphatic rings. The van der Waals surface area contributed by atoms with Crippen LogP contribution in [-0.4, -0.2) is 35.9 Å². The Morgan fingerprint density at radius 2 is 1.73 bits per heavy atom. The number of carbonyl (C=O) groups is 2. The highest BCUT2D eigenvalue weighted by Crippen LogP contribution is 2.27. The number of benzene rings is 2. The number of nitrogens with one attached hydrogen (secondary N) is 1.